The highest BCUT2D eigenvalue weighted by atomic mass is 16.4. The number of nitrogens with zero attached hydrogens (tertiary/aromatic N) is 4. The molecule has 2 aliphatic rings. The minimum Gasteiger partial charge on any atom is -0.465 e. The van der Waals surface area contributed by atoms with Gasteiger partial charge in [0.2, 0.25) is 11.8 Å². The summed E-state index contributed by atoms with van der Waals surface area (Å²) in [6.45, 7) is 1.78. The SMILES string of the molecule is O=C(NC(Cc1ccc2ccccc2c1)C(=O)N1CCC(n2c(-c3ccccc3)nc3ccccc32)CC1)C1CCN(C(=O)O)CC1. The van der Waals surface area contributed by atoms with Crippen molar-refractivity contribution in [2.24, 2.45) is 5.92 Å². The topological polar surface area (TPSA) is 108 Å². The Bertz CT molecular complexity index is 1910. The lowest BCUT2D eigenvalue weighted by atomic mass is 9.94. The summed E-state index contributed by atoms with van der Waals surface area (Å²) in [5.41, 5.74) is 4.09. The first-order chi connectivity index (χ1) is 22.9. The molecule has 0 saturated carbocycles. The molecule has 0 aliphatic carbocycles. The van der Waals surface area contributed by atoms with Crippen LogP contribution in [0.2, 0.25) is 0 Å². The van der Waals surface area contributed by atoms with Crippen molar-refractivity contribution in [2.45, 2.75) is 44.2 Å². The number of hydrogen-bond acceptors (Lipinski definition) is 4. The van der Waals surface area contributed by atoms with Gasteiger partial charge in [-0.25, -0.2) is 9.78 Å². The van der Waals surface area contributed by atoms with E-state index >= 15 is 0 Å². The van der Waals surface area contributed by atoms with Crippen LogP contribution in [0.5, 0.6) is 0 Å². The Balaban J connectivity index is 1.10. The molecular formula is C38H39N5O4. The van der Waals surface area contributed by atoms with Gasteiger partial charge in [-0.15, -0.1) is 0 Å². The molecule has 4 aromatic carbocycles. The predicted octanol–water partition coefficient (Wildman–Crippen LogP) is 6.14. The normalized spacial score (nSPS) is 16.8. The van der Waals surface area contributed by atoms with Crippen LogP contribution in [-0.2, 0) is 16.0 Å². The van der Waals surface area contributed by atoms with Crippen LogP contribution in [-0.4, -0.2) is 74.6 Å². The largest absolute Gasteiger partial charge is 0.465 e. The summed E-state index contributed by atoms with van der Waals surface area (Å²) in [5.74, 6) is 0.356. The number of amides is 3. The molecule has 1 unspecified atom stereocenters. The number of imidazole rings is 1. The van der Waals surface area contributed by atoms with Crippen LogP contribution >= 0.6 is 0 Å². The maximum atomic E-state index is 14.2. The third-order valence-electron chi connectivity index (χ3n) is 9.77. The number of hydrogen-bond donors (Lipinski definition) is 2. The number of likely N-dealkylation sites (tertiary alicyclic amines) is 2. The van der Waals surface area contributed by atoms with Crippen molar-refractivity contribution in [1.82, 2.24) is 24.7 Å². The van der Waals surface area contributed by atoms with Gasteiger partial charge in [-0.1, -0.05) is 84.9 Å². The average Bonchev–Trinajstić information content (AvgIpc) is 3.51. The van der Waals surface area contributed by atoms with E-state index in [0.29, 0.717) is 45.4 Å². The molecule has 0 bridgehead atoms. The van der Waals surface area contributed by atoms with Gasteiger partial charge < -0.3 is 24.8 Å². The highest BCUT2D eigenvalue weighted by Crippen LogP contribution is 2.33. The lowest BCUT2D eigenvalue weighted by Crippen LogP contribution is -2.53. The van der Waals surface area contributed by atoms with Crippen molar-refractivity contribution in [3.8, 4) is 11.4 Å². The molecule has 2 saturated heterocycles. The Kier molecular flexibility index (Phi) is 8.61. The van der Waals surface area contributed by atoms with Crippen LogP contribution in [0, 0.1) is 5.92 Å². The standard InChI is InChI=1S/C38H39N5O4/c44-36(29-16-20-42(21-17-29)38(46)47)40-33(25-26-14-15-27-8-4-5-11-30(27)24-26)37(45)41-22-18-31(19-23-41)43-34-13-7-6-12-32(34)39-35(43)28-9-2-1-3-10-28/h1-15,24,29,31,33H,16-23,25H2,(H,40,44)(H,46,47). The highest BCUT2D eigenvalue weighted by molar-refractivity contribution is 5.89. The van der Waals surface area contributed by atoms with Crippen LogP contribution in [0.4, 0.5) is 4.79 Å². The van der Waals surface area contributed by atoms with Crippen molar-refractivity contribution in [2.75, 3.05) is 26.2 Å². The maximum absolute atomic E-state index is 14.2. The lowest BCUT2D eigenvalue weighted by molar-refractivity contribution is -0.138. The Morgan fingerprint density at radius 1 is 0.766 bits per heavy atom. The maximum Gasteiger partial charge on any atom is 0.407 e. The van der Waals surface area contributed by atoms with Gasteiger partial charge >= 0.3 is 6.09 Å². The molecular weight excluding hydrogens is 590 g/mol. The van der Waals surface area contributed by atoms with Gasteiger partial charge in [0.05, 0.1) is 11.0 Å². The summed E-state index contributed by atoms with van der Waals surface area (Å²) >= 11 is 0. The number of piperidine rings is 2. The second-order valence-corrected chi connectivity index (χ2v) is 12.7. The van der Waals surface area contributed by atoms with Gasteiger partial charge in [0.25, 0.3) is 0 Å². The second-order valence-electron chi connectivity index (χ2n) is 12.7. The Labute approximate surface area is 273 Å². The molecule has 2 N–H and O–H groups in total. The number of benzene rings is 4. The predicted molar refractivity (Wildman–Crippen MR) is 182 cm³/mol. The molecule has 7 rings (SSSR count). The van der Waals surface area contributed by atoms with Crippen LogP contribution in [0.1, 0.15) is 37.3 Å². The van der Waals surface area contributed by atoms with E-state index in [9.17, 15) is 19.5 Å². The quantitative estimate of drug-likeness (QED) is 0.225. The fourth-order valence-corrected chi connectivity index (χ4v) is 7.19. The van der Waals surface area contributed by atoms with E-state index in [1.807, 2.05) is 59.5 Å². The van der Waals surface area contributed by atoms with E-state index < -0.39 is 12.1 Å². The third kappa shape index (κ3) is 6.43. The van der Waals surface area contributed by atoms with E-state index in [-0.39, 0.29) is 23.8 Å². The lowest BCUT2D eigenvalue weighted by Gasteiger charge is -2.36. The zero-order valence-corrected chi connectivity index (χ0v) is 26.3. The summed E-state index contributed by atoms with van der Waals surface area (Å²) in [5, 5.41) is 14.7. The molecule has 1 aromatic heterocycles. The Morgan fingerprint density at radius 3 is 2.17 bits per heavy atom. The molecule has 47 heavy (non-hydrogen) atoms. The van der Waals surface area contributed by atoms with Crippen molar-refractivity contribution in [1.29, 1.82) is 0 Å². The van der Waals surface area contributed by atoms with Crippen LogP contribution < -0.4 is 5.32 Å². The molecule has 5 aromatic rings. The zero-order chi connectivity index (χ0) is 32.3. The highest BCUT2D eigenvalue weighted by Gasteiger charge is 2.34. The number of fused-ring (bicyclic) bond motifs is 2. The minimum atomic E-state index is -0.962. The number of aromatic nitrogens is 2. The number of para-hydroxylation sites is 2. The minimum absolute atomic E-state index is 0.0771. The van der Waals surface area contributed by atoms with E-state index in [4.69, 9.17) is 4.98 Å². The van der Waals surface area contributed by atoms with Crippen molar-refractivity contribution < 1.29 is 19.5 Å². The summed E-state index contributed by atoms with van der Waals surface area (Å²) in [6.07, 6.45) is 1.86. The summed E-state index contributed by atoms with van der Waals surface area (Å²) in [7, 11) is 0. The number of carboxylic acid groups (broad SMARTS) is 1. The fraction of sp³-hybridized carbons (Fsp3) is 0.316. The second kappa shape index (κ2) is 13.3. The smallest absolute Gasteiger partial charge is 0.407 e. The van der Waals surface area contributed by atoms with Gasteiger partial charge in [0.1, 0.15) is 11.9 Å². The van der Waals surface area contributed by atoms with E-state index in [1.54, 1.807) is 0 Å². The first-order valence-corrected chi connectivity index (χ1v) is 16.5. The van der Waals surface area contributed by atoms with Gasteiger partial charge in [0, 0.05) is 50.1 Å². The number of carbonyl (C=O) groups is 3. The molecule has 3 amide bonds. The van der Waals surface area contributed by atoms with E-state index in [1.165, 1.54) is 4.90 Å². The van der Waals surface area contributed by atoms with Gasteiger partial charge in [-0.05, 0) is 54.2 Å². The van der Waals surface area contributed by atoms with Crippen molar-refractivity contribution in [3.63, 3.8) is 0 Å². The first kappa shape index (κ1) is 30.5. The molecule has 1 atom stereocenters. The summed E-state index contributed by atoms with van der Waals surface area (Å²) in [6, 6.07) is 32.2. The van der Waals surface area contributed by atoms with E-state index in [2.05, 4.69) is 52.3 Å². The molecule has 0 radical (unpaired) electrons. The fourth-order valence-electron chi connectivity index (χ4n) is 7.19. The number of nitrogens with one attached hydrogen (secondary N) is 1. The van der Waals surface area contributed by atoms with Gasteiger partial charge in [-0.2, -0.15) is 0 Å². The van der Waals surface area contributed by atoms with Crippen molar-refractivity contribution >= 4 is 39.7 Å². The third-order valence-corrected chi connectivity index (χ3v) is 9.77. The zero-order valence-electron chi connectivity index (χ0n) is 26.3. The Morgan fingerprint density at radius 2 is 1.43 bits per heavy atom. The summed E-state index contributed by atoms with van der Waals surface area (Å²) in [4.78, 5) is 47.4. The monoisotopic (exact) mass is 629 g/mol. The average molecular weight is 630 g/mol. The molecule has 3 heterocycles. The van der Waals surface area contributed by atoms with Crippen LogP contribution in [0.25, 0.3) is 33.2 Å². The van der Waals surface area contributed by atoms with Crippen molar-refractivity contribution in [3.05, 3.63) is 103 Å². The van der Waals surface area contributed by atoms with E-state index in [0.717, 1.165) is 51.6 Å². The molecule has 2 aliphatic heterocycles. The number of carbonyl (C=O) groups excluding carboxylic acids is 2. The molecule has 9 heteroatoms. The molecule has 2 fully saturated rings. The molecule has 0 spiro atoms. The van der Waals surface area contributed by atoms with Gasteiger partial charge in [-0.3, -0.25) is 9.59 Å². The van der Waals surface area contributed by atoms with Crippen LogP contribution in [0.3, 0.4) is 0 Å². The Hall–Kier alpha value is -5.18. The molecule has 240 valence electrons. The summed E-state index contributed by atoms with van der Waals surface area (Å²) < 4.78 is 2.34. The first-order valence-electron chi connectivity index (χ1n) is 16.5. The molecule has 9 nitrogen and oxygen atoms in total. The number of rotatable bonds is 7. The van der Waals surface area contributed by atoms with Gasteiger partial charge in [0.15, 0.2) is 0 Å². The van der Waals surface area contributed by atoms with Crippen LogP contribution in [0.15, 0.2) is 97.1 Å².